The third-order valence-electron chi connectivity index (χ3n) is 6.30. The van der Waals surface area contributed by atoms with Gasteiger partial charge in [-0.1, -0.05) is 18.2 Å². The molecule has 8 heteroatoms. The van der Waals surface area contributed by atoms with Crippen LogP contribution in [0.4, 0.5) is 11.4 Å². The molecule has 8 nitrogen and oxygen atoms in total. The number of methoxy groups -OCH3 is 2. The summed E-state index contributed by atoms with van der Waals surface area (Å²) in [5.74, 6) is -0.982. The molecule has 37 heavy (non-hydrogen) atoms. The van der Waals surface area contributed by atoms with Crippen LogP contribution in [0.3, 0.4) is 0 Å². The molecule has 1 heterocycles. The van der Waals surface area contributed by atoms with Crippen molar-refractivity contribution in [2.75, 3.05) is 24.4 Å². The molecular formula is C29H28N2O6. The van der Waals surface area contributed by atoms with Crippen LogP contribution >= 0.6 is 0 Å². The lowest BCUT2D eigenvalue weighted by Gasteiger charge is -2.26. The van der Waals surface area contributed by atoms with Gasteiger partial charge in [-0.2, -0.15) is 0 Å². The van der Waals surface area contributed by atoms with E-state index in [1.54, 1.807) is 74.7 Å². The van der Waals surface area contributed by atoms with Crippen molar-refractivity contribution in [3.05, 3.63) is 88.5 Å². The smallest absolute Gasteiger partial charge is 0.300 e. The standard InChI is InChI=1S/C29H28N2O6/c1-16-13-24(37-5)17(2)12-23(16)27(33)25-26(19-8-6-11-22(14-19)36-4)31(29(35)28(25)34)21-10-7-9-20(15-21)30-18(3)32/h6-15,26,33H,1-5H3,(H,30,32)/b27-25+. The second-order valence-electron chi connectivity index (χ2n) is 8.81. The first-order chi connectivity index (χ1) is 17.7. The largest absolute Gasteiger partial charge is 0.507 e. The number of aliphatic hydroxyl groups excluding tert-OH is 1. The number of anilines is 2. The Morgan fingerprint density at radius 3 is 2.35 bits per heavy atom. The van der Waals surface area contributed by atoms with Gasteiger partial charge in [-0.15, -0.1) is 0 Å². The van der Waals surface area contributed by atoms with Gasteiger partial charge in [-0.05, 0) is 73.0 Å². The number of hydrogen-bond acceptors (Lipinski definition) is 6. The predicted molar refractivity (Wildman–Crippen MR) is 141 cm³/mol. The number of nitrogens with one attached hydrogen (secondary N) is 1. The lowest BCUT2D eigenvalue weighted by molar-refractivity contribution is -0.132. The van der Waals surface area contributed by atoms with E-state index in [0.29, 0.717) is 39.6 Å². The number of aliphatic hydroxyl groups is 1. The molecule has 0 aromatic heterocycles. The first kappa shape index (κ1) is 25.5. The molecule has 0 saturated carbocycles. The summed E-state index contributed by atoms with van der Waals surface area (Å²) < 4.78 is 10.8. The number of Topliss-reactive ketones (excluding diaryl/α,β-unsaturated/α-hetero) is 1. The second kappa shape index (κ2) is 10.2. The molecule has 2 N–H and O–H groups in total. The van der Waals surface area contributed by atoms with E-state index in [2.05, 4.69) is 5.32 Å². The topological polar surface area (TPSA) is 105 Å². The molecule has 4 rings (SSSR count). The molecule has 1 unspecified atom stereocenters. The van der Waals surface area contributed by atoms with Gasteiger partial charge in [0.15, 0.2) is 0 Å². The van der Waals surface area contributed by atoms with Crippen LogP contribution in [0.1, 0.15) is 35.2 Å². The highest BCUT2D eigenvalue weighted by Crippen LogP contribution is 2.44. The first-order valence-electron chi connectivity index (χ1n) is 11.6. The fourth-order valence-electron chi connectivity index (χ4n) is 4.57. The summed E-state index contributed by atoms with van der Waals surface area (Å²) in [6.07, 6.45) is 0. The van der Waals surface area contributed by atoms with Crippen molar-refractivity contribution in [2.45, 2.75) is 26.8 Å². The summed E-state index contributed by atoms with van der Waals surface area (Å²) in [6, 6.07) is 16.2. The number of aryl methyl sites for hydroxylation is 2. The quantitative estimate of drug-likeness (QED) is 0.283. The van der Waals surface area contributed by atoms with E-state index in [4.69, 9.17) is 9.47 Å². The highest BCUT2D eigenvalue weighted by Gasteiger charge is 2.47. The fraction of sp³-hybridized carbons (Fsp3) is 0.207. The molecule has 2 amide bonds. The van der Waals surface area contributed by atoms with Crippen molar-refractivity contribution in [2.24, 2.45) is 0 Å². The summed E-state index contributed by atoms with van der Waals surface area (Å²) in [4.78, 5) is 39.9. The van der Waals surface area contributed by atoms with Crippen molar-refractivity contribution in [3.8, 4) is 11.5 Å². The minimum atomic E-state index is -0.940. The van der Waals surface area contributed by atoms with Gasteiger partial charge in [0, 0.05) is 23.9 Å². The molecule has 1 saturated heterocycles. The average molecular weight is 501 g/mol. The summed E-state index contributed by atoms with van der Waals surface area (Å²) in [7, 11) is 3.08. The van der Waals surface area contributed by atoms with Crippen molar-refractivity contribution >= 4 is 34.7 Å². The highest BCUT2D eigenvalue weighted by molar-refractivity contribution is 6.51. The van der Waals surface area contributed by atoms with Crippen molar-refractivity contribution in [3.63, 3.8) is 0 Å². The molecule has 3 aromatic rings. The molecule has 1 aliphatic rings. The predicted octanol–water partition coefficient (Wildman–Crippen LogP) is 4.91. The van der Waals surface area contributed by atoms with Crippen LogP contribution in [-0.2, 0) is 14.4 Å². The Morgan fingerprint density at radius 1 is 0.946 bits per heavy atom. The van der Waals surface area contributed by atoms with E-state index in [-0.39, 0.29) is 17.2 Å². The Labute approximate surface area is 215 Å². The SMILES string of the molecule is COc1cccc(C2/C(=C(\O)c3cc(C)c(OC)cc3C)C(=O)C(=O)N2c2cccc(NC(C)=O)c2)c1. The number of rotatable bonds is 6. The first-order valence-corrected chi connectivity index (χ1v) is 11.6. The van der Waals surface area contributed by atoms with Gasteiger partial charge < -0.3 is 19.9 Å². The van der Waals surface area contributed by atoms with Crippen molar-refractivity contribution in [1.82, 2.24) is 0 Å². The molecule has 1 fully saturated rings. The number of nitrogens with zero attached hydrogens (tertiary/aromatic N) is 1. The number of amides is 2. The van der Waals surface area contributed by atoms with Gasteiger partial charge in [0.05, 0.1) is 25.8 Å². The van der Waals surface area contributed by atoms with E-state index in [1.165, 1.54) is 18.9 Å². The molecule has 1 aliphatic heterocycles. The van der Waals surface area contributed by atoms with Crippen LogP contribution in [0.5, 0.6) is 11.5 Å². The number of ether oxygens (including phenoxy) is 2. The maximum atomic E-state index is 13.5. The maximum absolute atomic E-state index is 13.5. The Morgan fingerprint density at radius 2 is 1.68 bits per heavy atom. The fourth-order valence-corrected chi connectivity index (χ4v) is 4.57. The third-order valence-corrected chi connectivity index (χ3v) is 6.30. The van der Waals surface area contributed by atoms with Crippen LogP contribution in [-0.4, -0.2) is 36.9 Å². The molecule has 0 aliphatic carbocycles. The Balaban J connectivity index is 1.96. The molecule has 0 radical (unpaired) electrons. The lowest BCUT2D eigenvalue weighted by atomic mass is 9.93. The van der Waals surface area contributed by atoms with Gasteiger partial charge in [-0.25, -0.2) is 0 Å². The zero-order chi connectivity index (χ0) is 26.9. The molecule has 190 valence electrons. The lowest BCUT2D eigenvalue weighted by Crippen LogP contribution is -2.29. The summed E-state index contributed by atoms with van der Waals surface area (Å²) >= 11 is 0. The van der Waals surface area contributed by atoms with Crippen LogP contribution in [0.15, 0.2) is 66.2 Å². The van der Waals surface area contributed by atoms with Gasteiger partial charge in [0.1, 0.15) is 17.3 Å². The number of benzene rings is 3. The normalized spacial score (nSPS) is 16.6. The van der Waals surface area contributed by atoms with Gasteiger partial charge in [-0.3, -0.25) is 19.3 Å². The molecule has 3 aromatic carbocycles. The third kappa shape index (κ3) is 4.78. The Kier molecular flexibility index (Phi) is 7.02. The highest BCUT2D eigenvalue weighted by atomic mass is 16.5. The van der Waals surface area contributed by atoms with E-state index in [0.717, 1.165) is 5.56 Å². The average Bonchev–Trinajstić information content (AvgIpc) is 3.14. The minimum absolute atomic E-state index is 0.0455. The van der Waals surface area contributed by atoms with E-state index < -0.39 is 17.7 Å². The Bertz CT molecular complexity index is 1440. The van der Waals surface area contributed by atoms with Crippen molar-refractivity contribution < 1.29 is 29.0 Å². The van der Waals surface area contributed by atoms with Gasteiger partial charge >= 0.3 is 0 Å². The number of hydrogen-bond donors (Lipinski definition) is 2. The van der Waals surface area contributed by atoms with E-state index >= 15 is 0 Å². The monoisotopic (exact) mass is 500 g/mol. The molecule has 0 spiro atoms. The summed E-state index contributed by atoms with van der Waals surface area (Å²) in [5.41, 5.74) is 3.27. The van der Waals surface area contributed by atoms with Crippen LogP contribution in [0.2, 0.25) is 0 Å². The van der Waals surface area contributed by atoms with E-state index in [9.17, 15) is 19.5 Å². The molecule has 1 atom stereocenters. The summed E-state index contributed by atoms with van der Waals surface area (Å²) in [5, 5.41) is 14.2. The number of carbonyl (C=O) groups excluding carboxylic acids is 3. The van der Waals surface area contributed by atoms with E-state index in [1.807, 2.05) is 6.92 Å². The Hall–Kier alpha value is -4.59. The van der Waals surface area contributed by atoms with Gasteiger partial charge in [0.25, 0.3) is 11.7 Å². The number of ketones is 1. The van der Waals surface area contributed by atoms with Crippen LogP contribution < -0.4 is 19.7 Å². The molecule has 0 bridgehead atoms. The van der Waals surface area contributed by atoms with Crippen molar-refractivity contribution in [1.29, 1.82) is 0 Å². The molecular weight excluding hydrogens is 472 g/mol. The number of carbonyl (C=O) groups is 3. The summed E-state index contributed by atoms with van der Waals surface area (Å²) in [6.45, 7) is 5.01. The minimum Gasteiger partial charge on any atom is -0.507 e. The van der Waals surface area contributed by atoms with Gasteiger partial charge in [0.2, 0.25) is 5.91 Å². The zero-order valence-electron chi connectivity index (χ0n) is 21.3. The zero-order valence-corrected chi connectivity index (χ0v) is 21.3. The maximum Gasteiger partial charge on any atom is 0.300 e. The van der Waals surface area contributed by atoms with Crippen LogP contribution in [0.25, 0.3) is 5.76 Å². The van der Waals surface area contributed by atoms with Crippen LogP contribution in [0, 0.1) is 13.8 Å². The second-order valence-corrected chi connectivity index (χ2v) is 8.81.